The molecule has 4 nitrogen and oxygen atoms in total. The minimum atomic E-state index is 0.381. The average Bonchev–Trinajstić information content (AvgIpc) is 2.67. The van der Waals surface area contributed by atoms with Crippen molar-refractivity contribution in [3.05, 3.63) is 65.2 Å². The predicted molar refractivity (Wildman–Crippen MR) is 102 cm³/mol. The van der Waals surface area contributed by atoms with Gasteiger partial charge in [-0.15, -0.1) is 0 Å². The van der Waals surface area contributed by atoms with Gasteiger partial charge in [0.15, 0.2) is 0 Å². The van der Waals surface area contributed by atoms with Crippen LogP contribution in [0, 0.1) is 17.2 Å². The molecule has 136 valence electrons. The molecule has 0 amide bonds. The number of benzene rings is 2. The molecule has 26 heavy (non-hydrogen) atoms. The maximum atomic E-state index is 8.97. The molecule has 1 N–H and O–H groups in total. The maximum Gasteiger partial charge on any atom is 0.120 e. The van der Waals surface area contributed by atoms with E-state index >= 15 is 0 Å². The minimum absolute atomic E-state index is 0.381. The molecule has 3 rings (SSSR count). The van der Waals surface area contributed by atoms with Crippen molar-refractivity contribution in [2.45, 2.75) is 39.0 Å². The Morgan fingerprint density at radius 3 is 2.88 bits per heavy atom. The van der Waals surface area contributed by atoms with Gasteiger partial charge in [0, 0.05) is 13.2 Å². The third-order valence-electron chi connectivity index (χ3n) is 4.72. The molecule has 4 heteroatoms. The van der Waals surface area contributed by atoms with Crippen LogP contribution in [0.1, 0.15) is 36.5 Å². The van der Waals surface area contributed by atoms with Crippen molar-refractivity contribution in [3.8, 4) is 11.8 Å². The molecule has 0 aliphatic carbocycles. The fourth-order valence-electron chi connectivity index (χ4n) is 3.34. The SMILES string of the molecule is CC1CC(CNCc2cccc(OCc3cccc(C#N)c3)c2)CCO1. The average molecular weight is 350 g/mol. The van der Waals surface area contributed by atoms with E-state index in [0.717, 1.165) is 43.9 Å². The molecule has 1 heterocycles. The zero-order valence-corrected chi connectivity index (χ0v) is 15.3. The van der Waals surface area contributed by atoms with Crippen LogP contribution in [0.15, 0.2) is 48.5 Å². The van der Waals surface area contributed by atoms with Crippen molar-refractivity contribution in [2.24, 2.45) is 5.92 Å². The molecule has 1 fully saturated rings. The number of hydrogen-bond donors (Lipinski definition) is 1. The zero-order chi connectivity index (χ0) is 18.2. The summed E-state index contributed by atoms with van der Waals surface area (Å²) >= 11 is 0. The molecule has 0 aromatic heterocycles. The van der Waals surface area contributed by atoms with Gasteiger partial charge in [0.2, 0.25) is 0 Å². The van der Waals surface area contributed by atoms with E-state index in [9.17, 15) is 0 Å². The first-order chi connectivity index (χ1) is 12.7. The minimum Gasteiger partial charge on any atom is -0.489 e. The van der Waals surface area contributed by atoms with Crippen LogP contribution in [0.5, 0.6) is 5.75 Å². The zero-order valence-electron chi connectivity index (χ0n) is 15.3. The van der Waals surface area contributed by atoms with Gasteiger partial charge >= 0.3 is 0 Å². The van der Waals surface area contributed by atoms with Gasteiger partial charge in [0.25, 0.3) is 0 Å². The van der Waals surface area contributed by atoms with E-state index in [4.69, 9.17) is 14.7 Å². The Labute approximate surface area is 155 Å². The summed E-state index contributed by atoms with van der Waals surface area (Å²) in [5.74, 6) is 1.55. The molecule has 2 aromatic rings. The summed E-state index contributed by atoms with van der Waals surface area (Å²) in [6.07, 6.45) is 2.66. The highest BCUT2D eigenvalue weighted by molar-refractivity contribution is 5.33. The monoisotopic (exact) mass is 350 g/mol. The lowest BCUT2D eigenvalue weighted by molar-refractivity contribution is 0.00289. The van der Waals surface area contributed by atoms with Gasteiger partial charge in [-0.25, -0.2) is 0 Å². The second-order valence-electron chi connectivity index (χ2n) is 6.95. The highest BCUT2D eigenvalue weighted by Crippen LogP contribution is 2.20. The number of nitrogens with one attached hydrogen (secondary N) is 1. The predicted octanol–water partition coefficient (Wildman–Crippen LogP) is 4.04. The van der Waals surface area contributed by atoms with E-state index in [1.54, 1.807) is 6.07 Å². The molecule has 1 aliphatic heterocycles. The number of ether oxygens (including phenoxy) is 2. The van der Waals surface area contributed by atoms with E-state index in [0.29, 0.717) is 24.2 Å². The van der Waals surface area contributed by atoms with Crippen molar-refractivity contribution in [1.82, 2.24) is 5.32 Å². The van der Waals surface area contributed by atoms with Gasteiger partial charge in [-0.05, 0) is 67.6 Å². The summed E-state index contributed by atoms with van der Waals surface area (Å²) in [6.45, 7) is 5.36. The summed E-state index contributed by atoms with van der Waals surface area (Å²) in [5, 5.41) is 12.5. The number of rotatable bonds is 7. The highest BCUT2D eigenvalue weighted by Gasteiger charge is 2.18. The Hall–Kier alpha value is -2.35. The quantitative estimate of drug-likeness (QED) is 0.819. The van der Waals surface area contributed by atoms with E-state index in [2.05, 4.69) is 30.4 Å². The summed E-state index contributed by atoms with van der Waals surface area (Å²) in [6, 6.07) is 17.9. The van der Waals surface area contributed by atoms with E-state index in [-0.39, 0.29) is 0 Å². The molecule has 2 unspecified atom stereocenters. The Kier molecular flexibility index (Phi) is 6.65. The molecule has 1 saturated heterocycles. The Morgan fingerprint density at radius 2 is 2.04 bits per heavy atom. The third kappa shape index (κ3) is 5.59. The van der Waals surface area contributed by atoms with Gasteiger partial charge in [0.1, 0.15) is 12.4 Å². The molecule has 0 bridgehead atoms. The highest BCUT2D eigenvalue weighted by atomic mass is 16.5. The summed E-state index contributed by atoms with van der Waals surface area (Å²) in [7, 11) is 0. The topological polar surface area (TPSA) is 54.3 Å². The summed E-state index contributed by atoms with van der Waals surface area (Å²) < 4.78 is 11.5. The standard InChI is InChI=1S/C22H26N2O2/c1-17-10-20(8-9-25-17)15-24-14-19-5-3-7-22(12-19)26-16-21-6-2-4-18(11-21)13-23/h2-7,11-12,17,20,24H,8-10,14-16H2,1H3. The Morgan fingerprint density at radius 1 is 1.19 bits per heavy atom. The first-order valence-electron chi connectivity index (χ1n) is 9.26. The van der Waals surface area contributed by atoms with Gasteiger partial charge in [-0.1, -0.05) is 24.3 Å². The number of hydrogen-bond acceptors (Lipinski definition) is 4. The smallest absolute Gasteiger partial charge is 0.120 e. The fourth-order valence-corrected chi connectivity index (χ4v) is 3.34. The number of nitrogens with zero attached hydrogens (tertiary/aromatic N) is 1. The lowest BCUT2D eigenvalue weighted by Crippen LogP contribution is -2.30. The van der Waals surface area contributed by atoms with Crippen molar-refractivity contribution >= 4 is 0 Å². The lowest BCUT2D eigenvalue weighted by Gasteiger charge is -2.27. The molecule has 0 spiro atoms. The summed E-state index contributed by atoms with van der Waals surface area (Å²) in [4.78, 5) is 0. The van der Waals surface area contributed by atoms with E-state index < -0.39 is 0 Å². The van der Waals surface area contributed by atoms with E-state index in [1.165, 1.54) is 5.56 Å². The van der Waals surface area contributed by atoms with Gasteiger partial charge in [0.05, 0.1) is 17.7 Å². The van der Waals surface area contributed by atoms with Crippen LogP contribution in [0.3, 0.4) is 0 Å². The molecule has 1 aliphatic rings. The second-order valence-corrected chi connectivity index (χ2v) is 6.95. The molecule has 0 saturated carbocycles. The van der Waals surface area contributed by atoms with Gasteiger partial charge in [-0.3, -0.25) is 0 Å². The van der Waals surface area contributed by atoms with Crippen LogP contribution in [0.4, 0.5) is 0 Å². The Balaban J connectivity index is 1.47. The molecular weight excluding hydrogens is 324 g/mol. The van der Waals surface area contributed by atoms with Crippen LogP contribution in [-0.2, 0) is 17.9 Å². The van der Waals surface area contributed by atoms with Crippen LogP contribution < -0.4 is 10.1 Å². The van der Waals surface area contributed by atoms with Crippen LogP contribution in [0.25, 0.3) is 0 Å². The lowest BCUT2D eigenvalue weighted by atomic mass is 9.96. The van der Waals surface area contributed by atoms with Crippen molar-refractivity contribution < 1.29 is 9.47 Å². The van der Waals surface area contributed by atoms with E-state index in [1.807, 2.05) is 30.3 Å². The molecule has 2 atom stereocenters. The second kappa shape index (κ2) is 9.38. The molecular formula is C22H26N2O2. The molecule has 0 radical (unpaired) electrons. The van der Waals surface area contributed by atoms with Crippen molar-refractivity contribution in [2.75, 3.05) is 13.2 Å². The van der Waals surface area contributed by atoms with Crippen LogP contribution in [-0.4, -0.2) is 19.3 Å². The largest absolute Gasteiger partial charge is 0.489 e. The first kappa shape index (κ1) is 18.4. The first-order valence-corrected chi connectivity index (χ1v) is 9.26. The van der Waals surface area contributed by atoms with Crippen molar-refractivity contribution in [1.29, 1.82) is 5.26 Å². The Bertz CT molecular complexity index is 754. The van der Waals surface area contributed by atoms with Gasteiger partial charge in [-0.2, -0.15) is 5.26 Å². The van der Waals surface area contributed by atoms with Crippen LogP contribution >= 0.6 is 0 Å². The third-order valence-corrected chi connectivity index (χ3v) is 4.72. The summed E-state index contributed by atoms with van der Waals surface area (Å²) in [5.41, 5.74) is 2.88. The fraction of sp³-hybridized carbons (Fsp3) is 0.409. The molecule has 2 aromatic carbocycles. The van der Waals surface area contributed by atoms with Crippen LogP contribution in [0.2, 0.25) is 0 Å². The normalized spacial score (nSPS) is 19.7. The maximum absolute atomic E-state index is 8.97. The van der Waals surface area contributed by atoms with Gasteiger partial charge < -0.3 is 14.8 Å². The van der Waals surface area contributed by atoms with Crippen molar-refractivity contribution in [3.63, 3.8) is 0 Å². The number of nitriles is 1.